The molecule has 1 aromatic rings. The van der Waals surface area contributed by atoms with Crippen molar-refractivity contribution in [3.05, 3.63) is 34.4 Å². The molecule has 100 valence electrons. The molecule has 4 nitrogen and oxygen atoms in total. The van der Waals surface area contributed by atoms with Gasteiger partial charge in [-0.25, -0.2) is 4.99 Å². The highest BCUT2D eigenvalue weighted by atomic mass is 79.9. The second-order valence-electron chi connectivity index (χ2n) is 4.34. The van der Waals surface area contributed by atoms with Gasteiger partial charge in [0.05, 0.1) is 5.69 Å². The minimum absolute atomic E-state index is 0.0545. The summed E-state index contributed by atoms with van der Waals surface area (Å²) >= 11 is 3.38. The maximum atomic E-state index is 9.73. The number of aliphatic hydroxyl groups is 1. The third-order valence-electron chi connectivity index (χ3n) is 2.89. The van der Waals surface area contributed by atoms with Gasteiger partial charge in [-0.1, -0.05) is 35.3 Å². The third-order valence-corrected chi connectivity index (χ3v) is 3.38. The van der Waals surface area contributed by atoms with Gasteiger partial charge < -0.3 is 10.4 Å². The van der Waals surface area contributed by atoms with Crippen molar-refractivity contribution in [3.63, 3.8) is 0 Å². The Morgan fingerprint density at radius 1 is 1.47 bits per heavy atom. The Balaban J connectivity index is 2.34. The second-order valence-corrected chi connectivity index (χ2v) is 5.25. The number of unbranched alkanes of at least 4 members (excludes halogenated alkanes) is 1. The van der Waals surface area contributed by atoms with E-state index in [0.717, 1.165) is 29.4 Å². The zero-order chi connectivity index (χ0) is 13.8. The summed E-state index contributed by atoms with van der Waals surface area (Å²) in [5.74, 6) is -0.242. The lowest BCUT2D eigenvalue weighted by Crippen LogP contribution is -2.20. The van der Waals surface area contributed by atoms with Crippen molar-refractivity contribution in [1.29, 1.82) is 5.41 Å². The smallest absolute Gasteiger partial charge is 0.238 e. The molecule has 1 aliphatic rings. The Morgan fingerprint density at radius 2 is 2.26 bits per heavy atom. The minimum atomic E-state index is -0.242. The van der Waals surface area contributed by atoms with Crippen LogP contribution in [-0.4, -0.2) is 23.3 Å². The molecule has 0 radical (unpaired) electrons. The first-order valence-corrected chi connectivity index (χ1v) is 7.03. The molecule has 0 saturated heterocycles. The van der Waals surface area contributed by atoms with Gasteiger partial charge in [0.2, 0.25) is 5.90 Å². The number of rotatable bonds is 4. The van der Waals surface area contributed by atoms with Crippen molar-refractivity contribution in [2.24, 2.45) is 4.99 Å². The first kappa shape index (κ1) is 13.8. The van der Waals surface area contributed by atoms with Crippen molar-refractivity contribution in [2.45, 2.75) is 19.8 Å². The van der Waals surface area contributed by atoms with Crippen LogP contribution in [0.2, 0.25) is 0 Å². The lowest BCUT2D eigenvalue weighted by atomic mass is 9.97. The standard InChI is InChI=1S/C14H16BrN3O/c1-2-3-6-17-8-11-10-5-4-9(15)7-12(10)18-14(19)13(11)16/h4-5,7-8,16-17H,2-3,6H2,1H3,(H,18,19)/b11-8-,16-13?. The van der Waals surface area contributed by atoms with Crippen molar-refractivity contribution in [1.82, 2.24) is 5.32 Å². The molecule has 0 fully saturated rings. The van der Waals surface area contributed by atoms with Gasteiger partial charge in [-0.2, -0.15) is 0 Å². The van der Waals surface area contributed by atoms with Crippen LogP contribution in [0, 0.1) is 5.41 Å². The van der Waals surface area contributed by atoms with E-state index in [2.05, 4.69) is 33.2 Å². The first-order valence-electron chi connectivity index (χ1n) is 6.24. The van der Waals surface area contributed by atoms with Crippen molar-refractivity contribution >= 4 is 38.8 Å². The molecule has 5 heteroatoms. The molecule has 1 aliphatic heterocycles. The van der Waals surface area contributed by atoms with Crippen LogP contribution in [0.5, 0.6) is 0 Å². The predicted molar refractivity (Wildman–Crippen MR) is 82.5 cm³/mol. The zero-order valence-corrected chi connectivity index (χ0v) is 12.3. The van der Waals surface area contributed by atoms with Gasteiger partial charge in [0.25, 0.3) is 0 Å². The van der Waals surface area contributed by atoms with E-state index in [9.17, 15) is 5.11 Å². The first-order chi connectivity index (χ1) is 9.13. The van der Waals surface area contributed by atoms with Crippen LogP contribution in [-0.2, 0) is 0 Å². The Hall–Kier alpha value is -1.62. The quantitative estimate of drug-likeness (QED) is 0.738. The van der Waals surface area contributed by atoms with Crippen molar-refractivity contribution < 1.29 is 5.11 Å². The van der Waals surface area contributed by atoms with E-state index < -0.39 is 0 Å². The molecule has 3 N–H and O–H groups in total. The minimum Gasteiger partial charge on any atom is -0.492 e. The number of aliphatic hydroxyl groups excluding tert-OH is 1. The average Bonchev–Trinajstić information content (AvgIpc) is 2.38. The molecule has 0 aromatic heterocycles. The number of benzene rings is 1. The Morgan fingerprint density at radius 3 is 3.00 bits per heavy atom. The van der Waals surface area contributed by atoms with Crippen LogP contribution < -0.4 is 5.32 Å². The van der Waals surface area contributed by atoms with Crippen molar-refractivity contribution in [2.75, 3.05) is 6.54 Å². The van der Waals surface area contributed by atoms with Crippen LogP contribution in [0.3, 0.4) is 0 Å². The average molecular weight is 322 g/mol. The maximum absolute atomic E-state index is 9.73. The molecule has 0 saturated carbocycles. The number of aliphatic imine (C=N–C) groups is 1. The number of nitrogens with one attached hydrogen (secondary N) is 2. The molecule has 0 amide bonds. The molecule has 19 heavy (non-hydrogen) atoms. The highest BCUT2D eigenvalue weighted by Crippen LogP contribution is 2.33. The molecular weight excluding hydrogens is 306 g/mol. The van der Waals surface area contributed by atoms with Gasteiger partial charge in [-0.15, -0.1) is 0 Å². The summed E-state index contributed by atoms with van der Waals surface area (Å²) in [4.78, 5) is 4.03. The van der Waals surface area contributed by atoms with Gasteiger partial charge >= 0.3 is 0 Å². The molecule has 1 aromatic carbocycles. The highest BCUT2D eigenvalue weighted by molar-refractivity contribution is 9.10. The lowest BCUT2D eigenvalue weighted by Gasteiger charge is -2.17. The fourth-order valence-electron chi connectivity index (χ4n) is 1.85. The summed E-state index contributed by atoms with van der Waals surface area (Å²) in [5, 5.41) is 20.8. The Labute approximate surface area is 120 Å². The van der Waals surface area contributed by atoms with E-state index in [1.807, 2.05) is 18.2 Å². The third kappa shape index (κ3) is 3.04. The molecular formula is C14H16BrN3O. The van der Waals surface area contributed by atoms with Gasteiger partial charge in [-0.05, 0) is 18.6 Å². The molecule has 1 heterocycles. The lowest BCUT2D eigenvalue weighted by molar-refractivity contribution is 0.563. The summed E-state index contributed by atoms with van der Waals surface area (Å²) in [6, 6.07) is 5.64. The summed E-state index contributed by atoms with van der Waals surface area (Å²) in [5.41, 5.74) is 2.26. The maximum Gasteiger partial charge on any atom is 0.238 e. The van der Waals surface area contributed by atoms with Gasteiger partial charge in [0.1, 0.15) is 5.71 Å². The predicted octanol–water partition coefficient (Wildman–Crippen LogP) is 3.80. The highest BCUT2D eigenvalue weighted by Gasteiger charge is 2.22. The molecule has 0 spiro atoms. The SMILES string of the molecule is CCCCN/C=C1\C(=N)C(O)=Nc2cc(Br)ccc21. The Bertz CT molecular complexity index is 564. The summed E-state index contributed by atoms with van der Waals surface area (Å²) in [6.45, 7) is 2.99. The van der Waals surface area contributed by atoms with Crippen molar-refractivity contribution in [3.8, 4) is 0 Å². The van der Waals surface area contributed by atoms with E-state index in [4.69, 9.17) is 5.41 Å². The van der Waals surface area contributed by atoms with Crippen LogP contribution in [0.25, 0.3) is 5.57 Å². The largest absolute Gasteiger partial charge is 0.492 e. The van der Waals surface area contributed by atoms with E-state index in [1.165, 1.54) is 0 Å². The number of hydrogen-bond acceptors (Lipinski definition) is 3. The van der Waals surface area contributed by atoms with E-state index >= 15 is 0 Å². The molecule has 0 unspecified atom stereocenters. The molecule has 0 bridgehead atoms. The van der Waals surface area contributed by atoms with E-state index in [-0.39, 0.29) is 11.6 Å². The molecule has 2 rings (SSSR count). The van der Waals surface area contributed by atoms with Crippen LogP contribution in [0.1, 0.15) is 25.3 Å². The summed E-state index contributed by atoms with van der Waals surface area (Å²) in [6.07, 6.45) is 3.98. The number of hydrogen-bond donors (Lipinski definition) is 3. The fourth-order valence-corrected chi connectivity index (χ4v) is 2.20. The topological polar surface area (TPSA) is 68.5 Å². The summed E-state index contributed by atoms with van der Waals surface area (Å²) in [7, 11) is 0. The fraction of sp³-hybridized carbons (Fsp3) is 0.286. The monoisotopic (exact) mass is 321 g/mol. The number of fused-ring (bicyclic) bond motifs is 1. The second kappa shape index (κ2) is 6.02. The molecule has 0 aliphatic carbocycles. The van der Waals surface area contributed by atoms with Crippen LogP contribution in [0.4, 0.5) is 5.69 Å². The van der Waals surface area contributed by atoms with Crippen LogP contribution >= 0.6 is 15.9 Å². The van der Waals surface area contributed by atoms with Gasteiger partial charge in [-0.3, -0.25) is 5.41 Å². The Kier molecular flexibility index (Phi) is 4.37. The zero-order valence-electron chi connectivity index (χ0n) is 10.7. The normalized spacial score (nSPS) is 16.2. The van der Waals surface area contributed by atoms with E-state index in [1.54, 1.807) is 6.20 Å². The molecule has 0 atom stereocenters. The number of halogens is 1. The van der Waals surface area contributed by atoms with Crippen LogP contribution in [0.15, 0.2) is 33.9 Å². The van der Waals surface area contributed by atoms with Gasteiger partial charge in [0.15, 0.2) is 0 Å². The summed E-state index contributed by atoms with van der Waals surface area (Å²) < 4.78 is 0.898. The number of nitrogens with zero attached hydrogens (tertiary/aromatic N) is 1. The van der Waals surface area contributed by atoms with E-state index in [0.29, 0.717) is 11.3 Å². The van der Waals surface area contributed by atoms with Gasteiger partial charge in [0, 0.05) is 28.4 Å².